The predicted molar refractivity (Wildman–Crippen MR) is 80.7 cm³/mol. The molecule has 4 nitrogen and oxygen atoms in total. The monoisotopic (exact) mass is 268 g/mol. The van der Waals surface area contributed by atoms with Crippen molar-refractivity contribution in [2.45, 2.75) is 44.8 Å². The van der Waals surface area contributed by atoms with Crippen molar-refractivity contribution in [3.63, 3.8) is 0 Å². The lowest BCUT2D eigenvalue weighted by Crippen LogP contribution is -2.29. The van der Waals surface area contributed by atoms with Crippen LogP contribution in [0.15, 0.2) is 11.2 Å². The zero-order valence-corrected chi connectivity index (χ0v) is 12.8. The van der Waals surface area contributed by atoms with Crippen LogP contribution in [0.1, 0.15) is 33.6 Å². The molecule has 0 amide bonds. The fraction of sp³-hybridized carbons (Fsp3) is 0.692. The van der Waals surface area contributed by atoms with E-state index >= 15 is 0 Å². The number of nitrogens with one attached hydrogen (secondary N) is 1. The Morgan fingerprint density at radius 3 is 2.67 bits per heavy atom. The van der Waals surface area contributed by atoms with Crippen molar-refractivity contribution < 1.29 is 0 Å². The summed E-state index contributed by atoms with van der Waals surface area (Å²) in [6, 6.07) is 2.51. The predicted octanol–water partition coefficient (Wildman–Crippen LogP) is 3.26. The van der Waals surface area contributed by atoms with Gasteiger partial charge in [-0.05, 0) is 26.0 Å². The van der Waals surface area contributed by atoms with E-state index < -0.39 is 0 Å². The molecule has 1 unspecified atom stereocenters. The van der Waals surface area contributed by atoms with E-state index in [2.05, 4.69) is 48.0 Å². The number of aromatic nitrogens is 2. The summed E-state index contributed by atoms with van der Waals surface area (Å²) in [4.78, 5) is 11.2. The molecule has 1 aromatic rings. The minimum absolute atomic E-state index is 0.480. The molecule has 1 atom stereocenters. The van der Waals surface area contributed by atoms with Crippen LogP contribution >= 0.6 is 11.8 Å². The van der Waals surface area contributed by atoms with Gasteiger partial charge in [-0.2, -0.15) is 0 Å². The number of anilines is 2. The van der Waals surface area contributed by atoms with Gasteiger partial charge in [-0.25, -0.2) is 9.97 Å². The molecule has 1 heterocycles. The molecule has 0 aromatic carbocycles. The van der Waals surface area contributed by atoms with Gasteiger partial charge in [0.25, 0.3) is 0 Å². The van der Waals surface area contributed by atoms with Gasteiger partial charge in [0.05, 0.1) is 0 Å². The first kappa shape index (κ1) is 15.1. The highest BCUT2D eigenvalue weighted by Gasteiger charge is 2.12. The molecule has 102 valence electrons. The van der Waals surface area contributed by atoms with Crippen molar-refractivity contribution in [1.29, 1.82) is 0 Å². The molecule has 0 saturated heterocycles. The van der Waals surface area contributed by atoms with Crippen LogP contribution < -0.4 is 10.2 Å². The fourth-order valence-corrected chi connectivity index (χ4v) is 1.90. The molecule has 1 N–H and O–H groups in total. The standard InChI is InChI=1S/C13H24N4S/c1-6-8-14-11-9-12(16-13(15-11)18-5)17(4)10(3)7-2/h9-10H,6-8H2,1-5H3,(H,14,15,16). The lowest BCUT2D eigenvalue weighted by atomic mass is 10.2. The van der Waals surface area contributed by atoms with Crippen molar-refractivity contribution in [3.8, 4) is 0 Å². The molecule has 0 radical (unpaired) electrons. The second-order valence-electron chi connectivity index (χ2n) is 4.39. The maximum Gasteiger partial charge on any atom is 0.191 e. The summed E-state index contributed by atoms with van der Waals surface area (Å²) in [7, 11) is 2.09. The van der Waals surface area contributed by atoms with Gasteiger partial charge in [0, 0.05) is 25.7 Å². The van der Waals surface area contributed by atoms with Gasteiger partial charge in [-0.1, -0.05) is 25.6 Å². The van der Waals surface area contributed by atoms with E-state index in [4.69, 9.17) is 0 Å². The van der Waals surface area contributed by atoms with Crippen LogP contribution in [0.5, 0.6) is 0 Å². The maximum atomic E-state index is 4.57. The quantitative estimate of drug-likeness (QED) is 0.607. The molecule has 0 aliphatic rings. The Hall–Kier alpha value is -0.970. The summed E-state index contributed by atoms with van der Waals surface area (Å²) >= 11 is 1.58. The Bertz CT molecular complexity index is 370. The van der Waals surface area contributed by atoms with Gasteiger partial charge in [0.2, 0.25) is 0 Å². The summed E-state index contributed by atoms with van der Waals surface area (Å²) in [5, 5.41) is 4.15. The molecule has 0 aliphatic heterocycles. The summed E-state index contributed by atoms with van der Waals surface area (Å²) in [5.41, 5.74) is 0. The maximum absolute atomic E-state index is 4.57. The SMILES string of the molecule is CCCNc1cc(N(C)C(C)CC)nc(SC)n1. The number of nitrogens with zero attached hydrogens (tertiary/aromatic N) is 3. The highest BCUT2D eigenvalue weighted by molar-refractivity contribution is 7.98. The van der Waals surface area contributed by atoms with Gasteiger partial charge in [-0.15, -0.1) is 0 Å². The normalized spacial score (nSPS) is 12.3. The Morgan fingerprint density at radius 1 is 1.39 bits per heavy atom. The highest BCUT2D eigenvalue weighted by atomic mass is 32.2. The van der Waals surface area contributed by atoms with Gasteiger partial charge in [0.15, 0.2) is 5.16 Å². The van der Waals surface area contributed by atoms with Crippen LogP contribution in [0.2, 0.25) is 0 Å². The average molecular weight is 268 g/mol. The third kappa shape index (κ3) is 4.05. The van der Waals surface area contributed by atoms with E-state index in [0.29, 0.717) is 6.04 Å². The van der Waals surface area contributed by atoms with E-state index in [0.717, 1.165) is 36.2 Å². The Balaban J connectivity index is 2.95. The van der Waals surface area contributed by atoms with Crippen molar-refractivity contribution in [3.05, 3.63) is 6.07 Å². The van der Waals surface area contributed by atoms with Gasteiger partial charge >= 0.3 is 0 Å². The first-order valence-corrected chi connectivity index (χ1v) is 7.74. The molecule has 0 fully saturated rings. The Labute approximate surface area is 115 Å². The number of hydrogen-bond acceptors (Lipinski definition) is 5. The largest absolute Gasteiger partial charge is 0.370 e. The van der Waals surface area contributed by atoms with Crippen LogP contribution in [-0.2, 0) is 0 Å². The number of rotatable bonds is 7. The summed E-state index contributed by atoms with van der Waals surface area (Å²) in [6.45, 7) is 7.49. The Morgan fingerprint density at radius 2 is 2.11 bits per heavy atom. The molecule has 0 spiro atoms. The molecule has 0 bridgehead atoms. The molecule has 0 aliphatic carbocycles. The van der Waals surface area contributed by atoms with Crippen LogP contribution in [0.25, 0.3) is 0 Å². The summed E-state index contributed by atoms with van der Waals surface area (Å²) in [6.07, 6.45) is 4.20. The second-order valence-corrected chi connectivity index (χ2v) is 5.17. The van der Waals surface area contributed by atoms with Crippen molar-refractivity contribution in [2.24, 2.45) is 0 Å². The zero-order valence-electron chi connectivity index (χ0n) is 12.0. The minimum Gasteiger partial charge on any atom is -0.370 e. The van der Waals surface area contributed by atoms with Gasteiger partial charge in [0.1, 0.15) is 11.6 Å². The molecular formula is C13H24N4S. The fourth-order valence-electron chi connectivity index (χ4n) is 1.53. The van der Waals surface area contributed by atoms with E-state index in [1.807, 2.05) is 12.3 Å². The first-order chi connectivity index (χ1) is 8.62. The summed E-state index contributed by atoms with van der Waals surface area (Å²) in [5.74, 6) is 1.91. The van der Waals surface area contributed by atoms with Crippen LogP contribution in [0, 0.1) is 0 Å². The molecule has 0 saturated carbocycles. The van der Waals surface area contributed by atoms with E-state index in [1.165, 1.54) is 0 Å². The van der Waals surface area contributed by atoms with Crippen molar-refractivity contribution >= 4 is 23.4 Å². The zero-order chi connectivity index (χ0) is 13.5. The van der Waals surface area contributed by atoms with Crippen LogP contribution in [0.4, 0.5) is 11.6 Å². The topological polar surface area (TPSA) is 41.0 Å². The van der Waals surface area contributed by atoms with E-state index in [9.17, 15) is 0 Å². The van der Waals surface area contributed by atoms with Gasteiger partial charge < -0.3 is 10.2 Å². The van der Waals surface area contributed by atoms with Crippen molar-refractivity contribution in [2.75, 3.05) is 30.1 Å². The number of thioether (sulfide) groups is 1. The van der Waals surface area contributed by atoms with Gasteiger partial charge in [-0.3, -0.25) is 0 Å². The molecule has 18 heavy (non-hydrogen) atoms. The van der Waals surface area contributed by atoms with E-state index in [-0.39, 0.29) is 0 Å². The lowest BCUT2D eigenvalue weighted by molar-refractivity contribution is 0.652. The second kappa shape index (κ2) is 7.46. The smallest absolute Gasteiger partial charge is 0.191 e. The molecule has 1 rings (SSSR count). The first-order valence-electron chi connectivity index (χ1n) is 6.52. The van der Waals surface area contributed by atoms with Crippen molar-refractivity contribution in [1.82, 2.24) is 9.97 Å². The Kier molecular flexibility index (Phi) is 6.25. The highest BCUT2D eigenvalue weighted by Crippen LogP contribution is 2.21. The van der Waals surface area contributed by atoms with E-state index in [1.54, 1.807) is 11.8 Å². The molecule has 5 heteroatoms. The molecular weight excluding hydrogens is 244 g/mol. The summed E-state index contributed by atoms with van der Waals surface area (Å²) < 4.78 is 0. The third-order valence-electron chi connectivity index (χ3n) is 3.04. The van der Waals surface area contributed by atoms with Crippen LogP contribution in [0.3, 0.4) is 0 Å². The lowest BCUT2D eigenvalue weighted by Gasteiger charge is -2.25. The minimum atomic E-state index is 0.480. The third-order valence-corrected chi connectivity index (χ3v) is 3.59. The average Bonchev–Trinajstić information content (AvgIpc) is 2.42. The van der Waals surface area contributed by atoms with Crippen LogP contribution in [-0.4, -0.2) is 35.9 Å². The number of hydrogen-bond donors (Lipinski definition) is 1. The molecule has 1 aromatic heterocycles.